The smallest absolute Gasteiger partial charge is 0.263 e. The lowest BCUT2D eigenvalue weighted by Gasteiger charge is -2.27. The van der Waals surface area contributed by atoms with Crippen molar-refractivity contribution in [2.24, 2.45) is 5.92 Å². The van der Waals surface area contributed by atoms with Crippen LogP contribution in [0.25, 0.3) is 0 Å². The number of benzene rings is 1. The van der Waals surface area contributed by atoms with Gasteiger partial charge in [-0.05, 0) is 43.7 Å². The Morgan fingerprint density at radius 2 is 1.50 bits per heavy atom. The molecular weight excluding hydrogens is 352 g/mol. The lowest BCUT2D eigenvalue weighted by atomic mass is 10.0. The quantitative estimate of drug-likeness (QED) is 0.707. The van der Waals surface area contributed by atoms with Crippen molar-refractivity contribution in [2.75, 3.05) is 26.2 Å². The second-order valence-electron chi connectivity index (χ2n) is 7.97. The summed E-state index contributed by atoms with van der Waals surface area (Å²) in [6, 6.07) is 7.91. The molecule has 1 saturated heterocycles. The Hall–Kier alpha value is -2.04. The summed E-state index contributed by atoms with van der Waals surface area (Å²) in [5, 5.41) is 0. The van der Waals surface area contributed by atoms with E-state index >= 15 is 0 Å². The highest BCUT2D eigenvalue weighted by Crippen LogP contribution is 2.27. The molecule has 1 heterocycles. The number of amides is 2. The van der Waals surface area contributed by atoms with Crippen LogP contribution in [0.4, 0.5) is 0 Å². The van der Waals surface area contributed by atoms with Crippen molar-refractivity contribution in [1.29, 1.82) is 0 Å². The molecule has 2 rings (SSSR count). The Bertz CT molecular complexity index is 655. The van der Waals surface area contributed by atoms with Gasteiger partial charge >= 0.3 is 0 Å². The van der Waals surface area contributed by atoms with Crippen LogP contribution in [-0.2, 0) is 9.59 Å². The van der Waals surface area contributed by atoms with Crippen molar-refractivity contribution in [3.8, 4) is 5.75 Å². The highest BCUT2D eigenvalue weighted by molar-refractivity contribution is 5.81. The van der Waals surface area contributed by atoms with Crippen molar-refractivity contribution < 1.29 is 14.3 Å². The van der Waals surface area contributed by atoms with Crippen LogP contribution in [0.5, 0.6) is 5.75 Å². The lowest BCUT2D eigenvalue weighted by Crippen LogP contribution is -2.43. The predicted octanol–water partition coefficient (Wildman–Crippen LogP) is 4.07. The van der Waals surface area contributed by atoms with Gasteiger partial charge in [0, 0.05) is 32.1 Å². The van der Waals surface area contributed by atoms with E-state index in [1.807, 2.05) is 41.0 Å². The van der Waals surface area contributed by atoms with Gasteiger partial charge in [0.15, 0.2) is 6.10 Å². The fourth-order valence-electron chi connectivity index (χ4n) is 3.82. The Labute approximate surface area is 170 Å². The molecule has 0 radical (unpaired) electrons. The van der Waals surface area contributed by atoms with Crippen LogP contribution < -0.4 is 4.74 Å². The minimum Gasteiger partial charge on any atom is -0.481 e. The van der Waals surface area contributed by atoms with Crippen molar-refractivity contribution in [2.45, 2.75) is 65.9 Å². The standard InChI is InChI=1S/C23H36N2O3/c1-6-19(7-2)23(27)25-14-10-13-24(15-16-25)22(26)18(5)28-21-12-9-8-11-20(21)17(3)4/h8-9,11-12,17-19H,6-7,10,13-16H2,1-5H3. The number of para-hydroxylation sites is 1. The van der Waals surface area contributed by atoms with Crippen LogP contribution in [0.3, 0.4) is 0 Å². The first-order valence-corrected chi connectivity index (χ1v) is 10.7. The van der Waals surface area contributed by atoms with Gasteiger partial charge in [-0.1, -0.05) is 45.9 Å². The maximum atomic E-state index is 13.0. The molecule has 5 nitrogen and oxygen atoms in total. The molecule has 28 heavy (non-hydrogen) atoms. The molecule has 1 unspecified atom stereocenters. The predicted molar refractivity (Wildman–Crippen MR) is 112 cm³/mol. The average Bonchev–Trinajstić information content (AvgIpc) is 2.94. The maximum absolute atomic E-state index is 13.0. The van der Waals surface area contributed by atoms with Gasteiger partial charge in [0.05, 0.1) is 0 Å². The first-order valence-electron chi connectivity index (χ1n) is 10.7. The van der Waals surface area contributed by atoms with Crippen LogP contribution in [0.2, 0.25) is 0 Å². The highest BCUT2D eigenvalue weighted by Gasteiger charge is 2.28. The summed E-state index contributed by atoms with van der Waals surface area (Å²) in [6.07, 6.45) is 2.01. The zero-order chi connectivity index (χ0) is 20.7. The van der Waals surface area contributed by atoms with Gasteiger partial charge in [0.2, 0.25) is 5.91 Å². The average molecular weight is 389 g/mol. The van der Waals surface area contributed by atoms with Gasteiger partial charge in [0.25, 0.3) is 5.91 Å². The van der Waals surface area contributed by atoms with Crippen LogP contribution in [-0.4, -0.2) is 53.9 Å². The van der Waals surface area contributed by atoms with Crippen molar-refractivity contribution in [3.05, 3.63) is 29.8 Å². The van der Waals surface area contributed by atoms with E-state index in [2.05, 4.69) is 27.7 Å². The van der Waals surface area contributed by atoms with E-state index < -0.39 is 6.10 Å². The summed E-state index contributed by atoms with van der Waals surface area (Å²) in [5.74, 6) is 1.43. The Morgan fingerprint density at radius 3 is 2.07 bits per heavy atom. The molecule has 1 atom stereocenters. The Morgan fingerprint density at radius 1 is 0.929 bits per heavy atom. The van der Waals surface area contributed by atoms with E-state index in [-0.39, 0.29) is 17.7 Å². The molecule has 1 aromatic carbocycles. The first-order chi connectivity index (χ1) is 13.4. The molecule has 1 fully saturated rings. The van der Waals surface area contributed by atoms with Crippen molar-refractivity contribution in [1.82, 2.24) is 9.80 Å². The van der Waals surface area contributed by atoms with Crippen LogP contribution in [0.1, 0.15) is 65.4 Å². The molecule has 0 aliphatic carbocycles. The van der Waals surface area contributed by atoms with E-state index in [0.29, 0.717) is 25.6 Å². The highest BCUT2D eigenvalue weighted by atomic mass is 16.5. The molecular formula is C23H36N2O3. The van der Waals surface area contributed by atoms with Gasteiger partial charge in [-0.15, -0.1) is 0 Å². The zero-order valence-electron chi connectivity index (χ0n) is 18.1. The molecule has 1 aliphatic rings. The number of carbonyl (C=O) groups is 2. The molecule has 1 aliphatic heterocycles. The third-order valence-electron chi connectivity index (χ3n) is 5.65. The maximum Gasteiger partial charge on any atom is 0.263 e. The number of hydrogen-bond donors (Lipinski definition) is 0. The third-order valence-corrected chi connectivity index (χ3v) is 5.65. The zero-order valence-corrected chi connectivity index (χ0v) is 18.1. The van der Waals surface area contributed by atoms with Crippen LogP contribution in [0.15, 0.2) is 24.3 Å². The Kier molecular flexibility index (Phi) is 8.34. The summed E-state index contributed by atoms with van der Waals surface area (Å²) >= 11 is 0. The van der Waals surface area contributed by atoms with E-state index in [0.717, 1.165) is 37.1 Å². The fraction of sp³-hybridized carbons (Fsp3) is 0.652. The van der Waals surface area contributed by atoms with Crippen LogP contribution in [0, 0.1) is 5.92 Å². The minimum absolute atomic E-state index is 0.00427. The summed E-state index contributed by atoms with van der Waals surface area (Å²) in [5.41, 5.74) is 1.11. The van der Waals surface area contributed by atoms with E-state index in [9.17, 15) is 9.59 Å². The van der Waals surface area contributed by atoms with E-state index in [1.165, 1.54) is 0 Å². The normalized spacial score (nSPS) is 16.2. The minimum atomic E-state index is -0.541. The SMILES string of the molecule is CCC(CC)C(=O)N1CCCN(C(=O)C(C)Oc2ccccc2C(C)C)CC1. The molecule has 5 heteroatoms. The van der Waals surface area contributed by atoms with Gasteiger partial charge in [-0.2, -0.15) is 0 Å². The largest absolute Gasteiger partial charge is 0.481 e. The fourth-order valence-corrected chi connectivity index (χ4v) is 3.82. The van der Waals surface area contributed by atoms with Crippen LogP contribution >= 0.6 is 0 Å². The number of rotatable bonds is 7. The summed E-state index contributed by atoms with van der Waals surface area (Å²) in [7, 11) is 0. The van der Waals surface area contributed by atoms with Crippen molar-refractivity contribution >= 4 is 11.8 Å². The third kappa shape index (κ3) is 5.49. The van der Waals surface area contributed by atoms with Gasteiger partial charge < -0.3 is 14.5 Å². The van der Waals surface area contributed by atoms with Gasteiger partial charge in [-0.3, -0.25) is 9.59 Å². The second-order valence-corrected chi connectivity index (χ2v) is 7.97. The molecule has 0 spiro atoms. The monoisotopic (exact) mass is 388 g/mol. The number of hydrogen-bond acceptors (Lipinski definition) is 3. The molecule has 0 aromatic heterocycles. The first kappa shape index (κ1) is 22.3. The summed E-state index contributed by atoms with van der Waals surface area (Å²) < 4.78 is 6.04. The summed E-state index contributed by atoms with van der Waals surface area (Å²) in [6.45, 7) is 12.8. The number of nitrogens with zero attached hydrogens (tertiary/aromatic N) is 2. The molecule has 156 valence electrons. The topological polar surface area (TPSA) is 49.9 Å². The van der Waals surface area contributed by atoms with Gasteiger partial charge in [-0.25, -0.2) is 0 Å². The summed E-state index contributed by atoms with van der Waals surface area (Å²) in [4.78, 5) is 29.4. The van der Waals surface area contributed by atoms with E-state index in [4.69, 9.17) is 4.74 Å². The number of carbonyl (C=O) groups excluding carboxylic acids is 2. The second kappa shape index (κ2) is 10.5. The molecule has 0 saturated carbocycles. The number of ether oxygens (including phenoxy) is 1. The molecule has 0 N–H and O–H groups in total. The Balaban J connectivity index is 1.98. The van der Waals surface area contributed by atoms with Crippen molar-refractivity contribution in [3.63, 3.8) is 0 Å². The van der Waals surface area contributed by atoms with E-state index in [1.54, 1.807) is 0 Å². The van der Waals surface area contributed by atoms with Gasteiger partial charge in [0.1, 0.15) is 5.75 Å². The molecule has 0 bridgehead atoms. The molecule has 2 amide bonds. The molecule has 1 aromatic rings. The lowest BCUT2D eigenvalue weighted by molar-refractivity contribution is -0.139.